The summed E-state index contributed by atoms with van der Waals surface area (Å²) in [5, 5.41) is 11.5. The van der Waals surface area contributed by atoms with Gasteiger partial charge in [-0.1, -0.05) is 52.0 Å². The number of benzene rings is 2. The van der Waals surface area contributed by atoms with Gasteiger partial charge in [0.05, 0.1) is 11.6 Å². The van der Waals surface area contributed by atoms with Crippen LogP contribution in [0.1, 0.15) is 76.3 Å². The summed E-state index contributed by atoms with van der Waals surface area (Å²) >= 11 is 0. The second-order valence-electron chi connectivity index (χ2n) is 10.0. The third-order valence-corrected chi connectivity index (χ3v) is 6.70. The highest BCUT2D eigenvalue weighted by molar-refractivity contribution is 6.46. The normalized spacial score (nSPS) is 18.0. The molecule has 1 saturated heterocycles. The molecule has 2 aromatic rings. The molecule has 0 saturated carbocycles. The summed E-state index contributed by atoms with van der Waals surface area (Å²) in [6, 6.07) is 13.3. The zero-order valence-electron chi connectivity index (χ0n) is 21.6. The number of aliphatic hydroxyl groups excluding tert-OH is 1. The molecule has 2 aromatic carbocycles. The molecule has 3 rings (SSSR count). The largest absolute Gasteiger partial charge is 0.507 e. The molecule has 1 N–H and O–H groups in total. The minimum atomic E-state index is -0.621. The topological polar surface area (TPSA) is 60.9 Å². The lowest BCUT2D eigenvalue weighted by molar-refractivity contribution is -0.139. The Morgan fingerprint density at radius 3 is 2.15 bits per heavy atom. The van der Waals surface area contributed by atoms with Gasteiger partial charge in [-0.15, -0.1) is 0 Å². The number of anilines is 1. The van der Waals surface area contributed by atoms with Crippen molar-refractivity contribution in [3.63, 3.8) is 0 Å². The smallest absolute Gasteiger partial charge is 0.295 e. The summed E-state index contributed by atoms with van der Waals surface area (Å²) in [6.07, 6.45) is 0.722. The van der Waals surface area contributed by atoms with E-state index in [2.05, 4.69) is 39.5 Å². The summed E-state index contributed by atoms with van der Waals surface area (Å²) in [4.78, 5) is 30.1. The van der Waals surface area contributed by atoms with E-state index in [1.165, 1.54) is 0 Å². The molecule has 1 amide bonds. The number of likely N-dealkylation sites (tertiary alicyclic amines) is 1. The van der Waals surface area contributed by atoms with Gasteiger partial charge in [-0.3, -0.25) is 9.59 Å². The molecule has 1 heterocycles. The number of aryl methyl sites for hydroxylation is 1. The van der Waals surface area contributed by atoms with Gasteiger partial charge in [0.15, 0.2) is 0 Å². The highest BCUT2D eigenvalue weighted by Crippen LogP contribution is 2.41. The van der Waals surface area contributed by atoms with Crippen LogP contribution in [0.25, 0.3) is 5.76 Å². The van der Waals surface area contributed by atoms with Crippen molar-refractivity contribution in [2.75, 3.05) is 24.5 Å². The van der Waals surface area contributed by atoms with E-state index in [4.69, 9.17) is 0 Å². The van der Waals surface area contributed by atoms with Crippen molar-refractivity contribution < 1.29 is 14.7 Å². The summed E-state index contributed by atoms with van der Waals surface area (Å²) in [5.41, 5.74) is 4.50. The lowest BCUT2D eigenvalue weighted by Crippen LogP contribution is -2.30. The number of carbonyl (C=O) groups excluding carboxylic acids is 2. The number of ketones is 1. The van der Waals surface area contributed by atoms with E-state index < -0.39 is 17.7 Å². The number of rotatable bonds is 7. The second-order valence-corrected chi connectivity index (χ2v) is 10.0. The number of hydrogen-bond donors (Lipinski definition) is 1. The fourth-order valence-corrected chi connectivity index (χ4v) is 4.64. The number of hydrogen-bond acceptors (Lipinski definition) is 4. The van der Waals surface area contributed by atoms with Crippen LogP contribution in [-0.2, 0) is 15.0 Å². The molecule has 34 heavy (non-hydrogen) atoms. The van der Waals surface area contributed by atoms with Crippen LogP contribution in [0.2, 0.25) is 0 Å². The Hall–Kier alpha value is -3.08. The molecule has 0 spiro atoms. The molecule has 1 atom stereocenters. The SMILES string of the molecule is CCCN1C(=O)C(=O)/C(=C(/O)c2cc(C(C)(C)C)ccc2C)C1c1ccc(N(CC)CC)cc1. The molecule has 0 radical (unpaired) electrons. The van der Waals surface area contributed by atoms with Crippen molar-refractivity contribution in [3.05, 3.63) is 70.3 Å². The van der Waals surface area contributed by atoms with Gasteiger partial charge in [-0.25, -0.2) is 0 Å². The van der Waals surface area contributed by atoms with Gasteiger partial charge in [0, 0.05) is 30.9 Å². The third kappa shape index (κ3) is 4.75. The van der Waals surface area contributed by atoms with Crippen LogP contribution in [0.15, 0.2) is 48.0 Å². The summed E-state index contributed by atoms with van der Waals surface area (Å²) in [7, 11) is 0. The maximum absolute atomic E-state index is 13.2. The molecular formula is C29H38N2O3. The lowest BCUT2D eigenvalue weighted by Gasteiger charge is -2.26. The molecule has 5 nitrogen and oxygen atoms in total. The Morgan fingerprint density at radius 2 is 1.62 bits per heavy atom. The van der Waals surface area contributed by atoms with E-state index in [1.807, 2.05) is 56.3 Å². The molecule has 0 aliphatic carbocycles. The van der Waals surface area contributed by atoms with Crippen molar-refractivity contribution in [2.24, 2.45) is 0 Å². The first-order chi connectivity index (χ1) is 16.0. The van der Waals surface area contributed by atoms with Crippen molar-refractivity contribution >= 4 is 23.1 Å². The van der Waals surface area contributed by atoms with E-state index in [1.54, 1.807) is 4.90 Å². The Balaban J connectivity index is 2.19. The minimum absolute atomic E-state index is 0.0987. The Morgan fingerprint density at radius 1 is 1.00 bits per heavy atom. The van der Waals surface area contributed by atoms with E-state index in [0.717, 1.165) is 41.9 Å². The molecule has 1 unspecified atom stereocenters. The molecule has 0 bridgehead atoms. The van der Waals surface area contributed by atoms with Gasteiger partial charge in [-0.05, 0) is 67.5 Å². The predicted molar refractivity (Wildman–Crippen MR) is 139 cm³/mol. The number of aliphatic hydroxyl groups is 1. The molecular weight excluding hydrogens is 424 g/mol. The van der Waals surface area contributed by atoms with Crippen LogP contribution in [0.5, 0.6) is 0 Å². The predicted octanol–water partition coefficient (Wildman–Crippen LogP) is 5.97. The van der Waals surface area contributed by atoms with Gasteiger partial charge < -0.3 is 14.9 Å². The monoisotopic (exact) mass is 462 g/mol. The first kappa shape index (κ1) is 25.5. The molecule has 5 heteroatoms. The van der Waals surface area contributed by atoms with Crippen LogP contribution in [0.4, 0.5) is 5.69 Å². The summed E-state index contributed by atoms with van der Waals surface area (Å²) in [6.45, 7) is 16.7. The maximum Gasteiger partial charge on any atom is 0.295 e. The lowest BCUT2D eigenvalue weighted by atomic mass is 9.84. The Kier molecular flexibility index (Phi) is 7.54. The zero-order valence-corrected chi connectivity index (χ0v) is 21.6. The molecule has 1 aliphatic heterocycles. The minimum Gasteiger partial charge on any atom is -0.507 e. The van der Waals surface area contributed by atoms with Crippen molar-refractivity contribution in [3.8, 4) is 0 Å². The van der Waals surface area contributed by atoms with E-state index in [9.17, 15) is 14.7 Å². The number of amides is 1. The molecule has 1 aliphatic rings. The fraction of sp³-hybridized carbons (Fsp3) is 0.448. The van der Waals surface area contributed by atoms with Crippen LogP contribution in [0, 0.1) is 6.92 Å². The molecule has 182 valence electrons. The average molecular weight is 463 g/mol. The molecule has 1 fully saturated rings. The van der Waals surface area contributed by atoms with Crippen molar-refractivity contribution in [2.45, 2.75) is 66.3 Å². The van der Waals surface area contributed by atoms with E-state index in [0.29, 0.717) is 12.1 Å². The maximum atomic E-state index is 13.2. The van der Waals surface area contributed by atoms with Crippen LogP contribution in [-0.4, -0.2) is 41.3 Å². The second kappa shape index (κ2) is 10.0. The quantitative estimate of drug-likeness (QED) is 0.313. The van der Waals surface area contributed by atoms with Crippen molar-refractivity contribution in [1.82, 2.24) is 4.90 Å². The van der Waals surface area contributed by atoms with Crippen molar-refractivity contribution in [1.29, 1.82) is 0 Å². The molecule has 0 aromatic heterocycles. The first-order valence-corrected chi connectivity index (χ1v) is 12.3. The van der Waals surface area contributed by atoms with Gasteiger partial charge in [0.2, 0.25) is 0 Å². The average Bonchev–Trinajstić information content (AvgIpc) is 3.05. The summed E-state index contributed by atoms with van der Waals surface area (Å²) < 4.78 is 0. The van der Waals surface area contributed by atoms with Crippen LogP contribution in [0.3, 0.4) is 0 Å². The first-order valence-electron chi connectivity index (χ1n) is 12.3. The number of Topliss-reactive ketones (excluding diaryl/α,β-unsaturated/α-hetero) is 1. The Labute approximate surface area is 204 Å². The number of nitrogens with zero attached hydrogens (tertiary/aromatic N) is 2. The summed E-state index contributed by atoms with van der Waals surface area (Å²) in [5.74, 6) is -1.27. The van der Waals surface area contributed by atoms with Gasteiger partial charge in [-0.2, -0.15) is 0 Å². The highest BCUT2D eigenvalue weighted by atomic mass is 16.3. The Bertz CT molecular complexity index is 1090. The standard InChI is InChI=1S/C29H38N2O3/c1-8-17-31-25(20-12-15-22(16-13-20)30(9-2)10-3)24(27(33)28(31)34)26(32)23-18-21(29(5,6)7)14-11-19(23)4/h11-16,18,25,32H,8-10,17H2,1-7H3/b26-24+. The highest BCUT2D eigenvalue weighted by Gasteiger charge is 2.45. The van der Waals surface area contributed by atoms with Gasteiger partial charge in [0.1, 0.15) is 5.76 Å². The third-order valence-electron chi connectivity index (χ3n) is 6.70. The van der Waals surface area contributed by atoms with Gasteiger partial charge in [0.25, 0.3) is 11.7 Å². The van der Waals surface area contributed by atoms with Crippen LogP contribution >= 0.6 is 0 Å². The van der Waals surface area contributed by atoms with E-state index >= 15 is 0 Å². The van der Waals surface area contributed by atoms with Gasteiger partial charge >= 0.3 is 0 Å². The van der Waals surface area contributed by atoms with E-state index in [-0.39, 0.29) is 16.7 Å². The zero-order chi connectivity index (χ0) is 25.2. The fourth-order valence-electron chi connectivity index (χ4n) is 4.64. The number of carbonyl (C=O) groups is 2. The van der Waals surface area contributed by atoms with Crippen LogP contribution < -0.4 is 4.90 Å².